The summed E-state index contributed by atoms with van der Waals surface area (Å²) < 4.78 is 5.19. The Bertz CT molecular complexity index is 411. The van der Waals surface area contributed by atoms with E-state index < -0.39 is 23.1 Å². The number of carbonyl (C=O) groups excluding carboxylic acids is 1. The third kappa shape index (κ3) is 5.21. The molecule has 0 aromatic heterocycles. The number of alkyl carbamates (subject to hydrolysis) is 1. The fourth-order valence-electron chi connectivity index (χ4n) is 3.67. The molecule has 1 aliphatic carbocycles. The van der Waals surface area contributed by atoms with E-state index >= 15 is 0 Å². The zero-order valence-corrected chi connectivity index (χ0v) is 14.1. The number of ether oxygens (including phenoxy) is 1. The maximum Gasteiger partial charge on any atom is 0.407 e. The normalized spacial score (nSPS) is 28.8. The number of aliphatic carboxylic acids is 1. The van der Waals surface area contributed by atoms with E-state index in [1.807, 2.05) is 0 Å². The van der Waals surface area contributed by atoms with Crippen molar-refractivity contribution >= 4 is 12.1 Å². The Hall–Kier alpha value is -1.26. The van der Waals surface area contributed by atoms with Crippen LogP contribution in [0.15, 0.2) is 0 Å². The van der Waals surface area contributed by atoms with Gasteiger partial charge in [0.25, 0.3) is 0 Å². The standard InChI is InChI=1S/C16H29NO4/c1-11-7-15(5,6)9-16(8-11,12(18)19)10-17-13(20)21-14(2,3)4/h11H,7-10H2,1-6H3,(H,17,20)(H,18,19). The van der Waals surface area contributed by atoms with Crippen LogP contribution >= 0.6 is 0 Å². The maximum atomic E-state index is 11.8. The first-order chi connectivity index (χ1) is 9.35. The number of carboxylic acids is 1. The summed E-state index contributed by atoms with van der Waals surface area (Å²) in [5.74, 6) is -0.511. The van der Waals surface area contributed by atoms with Crippen molar-refractivity contribution in [3.05, 3.63) is 0 Å². The molecule has 0 aliphatic heterocycles. The highest BCUT2D eigenvalue weighted by molar-refractivity contribution is 5.76. The minimum absolute atomic E-state index is 0.0360. The summed E-state index contributed by atoms with van der Waals surface area (Å²) in [4.78, 5) is 23.6. The van der Waals surface area contributed by atoms with E-state index in [1.165, 1.54) is 0 Å². The smallest absolute Gasteiger partial charge is 0.407 e. The molecule has 0 aromatic carbocycles. The fraction of sp³-hybridized carbons (Fsp3) is 0.875. The molecule has 5 nitrogen and oxygen atoms in total. The van der Waals surface area contributed by atoms with Crippen molar-refractivity contribution in [2.75, 3.05) is 6.54 Å². The highest BCUT2D eigenvalue weighted by Crippen LogP contribution is 2.48. The second kappa shape index (κ2) is 5.85. The lowest BCUT2D eigenvalue weighted by molar-refractivity contribution is -0.154. The van der Waals surface area contributed by atoms with Crippen LogP contribution in [0.3, 0.4) is 0 Å². The molecule has 2 unspecified atom stereocenters. The lowest BCUT2D eigenvalue weighted by Crippen LogP contribution is -2.50. The van der Waals surface area contributed by atoms with Crippen LogP contribution < -0.4 is 5.32 Å². The van der Waals surface area contributed by atoms with Crippen LogP contribution in [0.1, 0.15) is 60.8 Å². The second-order valence-electron chi connectivity index (χ2n) is 8.30. The molecule has 1 aliphatic rings. The molecule has 0 saturated heterocycles. The predicted molar refractivity (Wildman–Crippen MR) is 81.1 cm³/mol. The van der Waals surface area contributed by atoms with Gasteiger partial charge in [-0.1, -0.05) is 20.8 Å². The summed E-state index contributed by atoms with van der Waals surface area (Å²) in [7, 11) is 0. The summed E-state index contributed by atoms with van der Waals surface area (Å²) in [6.07, 6.45) is 1.60. The first-order valence-electron chi connectivity index (χ1n) is 7.56. The average molecular weight is 299 g/mol. The molecule has 0 radical (unpaired) electrons. The molecule has 2 N–H and O–H groups in total. The maximum absolute atomic E-state index is 11.8. The third-order valence-corrected chi connectivity index (χ3v) is 3.88. The number of nitrogens with one attached hydrogen (secondary N) is 1. The van der Waals surface area contributed by atoms with Crippen molar-refractivity contribution in [1.29, 1.82) is 0 Å². The van der Waals surface area contributed by atoms with Gasteiger partial charge in [-0.25, -0.2) is 4.79 Å². The van der Waals surface area contributed by atoms with E-state index in [0.29, 0.717) is 18.8 Å². The van der Waals surface area contributed by atoms with Crippen LogP contribution in [0.2, 0.25) is 0 Å². The lowest BCUT2D eigenvalue weighted by atomic mass is 9.60. The Labute approximate surface area is 127 Å². The minimum Gasteiger partial charge on any atom is -0.481 e. The summed E-state index contributed by atoms with van der Waals surface area (Å²) in [6.45, 7) is 11.7. The van der Waals surface area contributed by atoms with Crippen molar-refractivity contribution in [3.8, 4) is 0 Å². The van der Waals surface area contributed by atoms with Gasteiger partial charge in [-0.2, -0.15) is 0 Å². The largest absolute Gasteiger partial charge is 0.481 e. The molecule has 0 bridgehead atoms. The quantitative estimate of drug-likeness (QED) is 0.837. The minimum atomic E-state index is -0.905. The second-order valence-corrected chi connectivity index (χ2v) is 8.30. The van der Waals surface area contributed by atoms with Gasteiger partial charge < -0.3 is 15.2 Å². The van der Waals surface area contributed by atoms with E-state index in [-0.39, 0.29) is 12.0 Å². The molecule has 0 aromatic rings. The molecule has 1 rings (SSSR count). The van der Waals surface area contributed by atoms with Crippen molar-refractivity contribution in [1.82, 2.24) is 5.32 Å². The van der Waals surface area contributed by atoms with Crippen molar-refractivity contribution in [2.24, 2.45) is 16.7 Å². The van der Waals surface area contributed by atoms with E-state index in [9.17, 15) is 14.7 Å². The first kappa shape index (κ1) is 17.8. The van der Waals surface area contributed by atoms with Gasteiger partial charge in [0, 0.05) is 6.54 Å². The molecule has 122 valence electrons. The number of hydrogen-bond acceptors (Lipinski definition) is 3. The van der Waals surface area contributed by atoms with Gasteiger partial charge >= 0.3 is 12.1 Å². The Morgan fingerprint density at radius 1 is 1.29 bits per heavy atom. The molecule has 1 fully saturated rings. The van der Waals surface area contributed by atoms with Crippen LogP contribution in [0, 0.1) is 16.7 Å². The Kier molecular flexibility index (Phi) is 4.96. The molecule has 1 saturated carbocycles. The van der Waals surface area contributed by atoms with Gasteiger partial charge in [-0.05, 0) is 51.4 Å². The molecular weight excluding hydrogens is 270 g/mol. The Morgan fingerprint density at radius 2 is 1.86 bits per heavy atom. The van der Waals surface area contributed by atoms with Gasteiger partial charge in [0.2, 0.25) is 0 Å². The van der Waals surface area contributed by atoms with Gasteiger partial charge in [0.15, 0.2) is 0 Å². The Morgan fingerprint density at radius 3 is 2.29 bits per heavy atom. The van der Waals surface area contributed by atoms with Gasteiger partial charge in [0.1, 0.15) is 5.60 Å². The summed E-state index contributed by atoms with van der Waals surface area (Å²) in [5.41, 5.74) is -1.52. The van der Waals surface area contributed by atoms with Crippen LogP contribution in [0.25, 0.3) is 0 Å². The molecule has 21 heavy (non-hydrogen) atoms. The highest BCUT2D eigenvalue weighted by Gasteiger charge is 2.48. The average Bonchev–Trinajstić information content (AvgIpc) is 2.20. The van der Waals surface area contributed by atoms with Gasteiger partial charge in [-0.3, -0.25) is 4.79 Å². The zero-order chi connectivity index (χ0) is 16.5. The van der Waals surface area contributed by atoms with E-state index in [2.05, 4.69) is 26.1 Å². The number of hydrogen-bond donors (Lipinski definition) is 2. The van der Waals surface area contributed by atoms with Crippen LogP contribution in [-0.4, -0.2) is 29.3 Å². The topological polar surface area (TPSA) is 75.6 Å². The SMILES string of the molecule is CC1CC(C)(C)CC(CNC(=O)OC(C)(C)C)(C(=O)O)C1. The lowest BCUT2D eigenvalue weighted by Gasteiger charge is -2.45. The predicted octanol–water partition coefficient (Wildman–Crippen LogP) is 3.43. The van der Waals surface area contributed by atoms with E-state index in [0.717, 1.165) is 6.42 Å². The Balaban J connectivity index is 2.78. The molecule has 5 heteroatoms. The van der Waals surface area contributed by atoms with Crippen LogP contribution in [0.5, 0.6) is 0 Å². The fourth-order valence-corrected chi connectivity index (χ4v) is 3.67. The van der Waals surface area contributed by atoms with Crippen LogP contribution in [0.4, 0.5) is 4.79 Å². The van der Waals surface area contributed by atoms with Gasteiger partial charge in [0.05, 0.1) is 5.41 Å². The summed E-state index contributed by atoms with van der Waals surface area (Å²) in [6, 6.07) is 0. The van der Waals surface area contributed by atoms with E-state index in [1.54, 1.807) is 20.8 Å². The number of carboxylic acid groups (broad SMARTS) is 1. The number of rotatable bonds is 3. The molecule has 1 amide bonds. The first-order valence-corrected chi connectivity index (χ1v) is 7.56. The van der Waals surface area contributed by atoms with Crippen molar-refractivity contribution in [3.63, 3.8) is 0 Å². The molecule has 0 heterocycles. The van der Waals surface area contributed by atoms with Crippen LogP contribution in [-0.2, 0) is 9.53 Å². The number of amides is 1. The van der Waals surface area contributed by atoms with Crippen molar-refractivity contribution in [2.45, 2.75) is 66.4 Å². The summed E-state index contributed by atoms with van der Waals surface area (Å²) >= 11 is 0. The van der Waals surface area contributed by atoms with E-state index in [4.69, 9.17) is 4.74 Å². The van der Waals surface area contributed by atoms with Crippen molar-refractivity contribution < 1.29 is 19.4 Å². The zero-order valence-electron chi connectivity index (χ0n) is 14.1. The molecule has 0 spiro atoms. The van der Waals surface area contributed by atoms with Gasteiger partial charge in [-0.15, -0.1) is 0 Å². The number of carbonyl (C=O) groups is 2. The molecular formula is C16H29NO4. The highest BCUT2D eigenvalue weighted by atomic mass is 16.6. The molecule has 2 atom stereocenters. The third-order valence-electron chi connectivity index (χ3n) is 3.88. The monoisotopic (exact) mass is 299 g/mol. The summed E-state index contributed by atoms with van der Waals surface area (Å²) in [5, 5.41) is 12.3.